The maximum atomic E-state index is 6.44. The van der Waals surface area contributed by atoms with Crippen LogP contribution >= 0.6 is 0 Å². The molecule has 2 aliphatic carbocycles. The second-order valence-electron chi connectivity index (χ2n) is 8.55. The number of hydrogen-bond acceptors (Lipinski definition) is 0. The predicted molar refractivity (Wildman–Crippen MR) is 139 cm³/mol. The Kier molecular flexibility index (Phi) is 13.7. The molecule has 0 aliphatic heterocycles. The van der Waals surface area contributed by atoms with Crippen molar-refractivity contribution in [2.45, 2.75) is 64.2 Å². The molecule has 2 fully saturated rings. The van der Waals surface area contributed by atoms with E-state index in [1.54, 1.807) is 0 Å². The van der Waals surface area contributed by atoms with E-state index in [1.165, 1.54) is 64.2 Å². The van der Waals surface area contributed by atoms with Gasteiger partial charge in [-0.25, -0.2) is 5.57 Å². The molecule has 0 heterocycles. The first-order valence-corrected chi connectivity index (χ1v) is 12.3. The first-order chi connectivity index (χ1) is 15.8. The van der Waals surface area contributed by atoms with Gasteiger partial charge in [0.15, 0.2) is 0 Å². The molecule has 0 radical (unpaired) electrons. The van der Waals surface area contributed by atoms with E-state index >= 15 is 0 Å². The van der Waals surface area contributed by atoms with Gasteiger partial charge in [0.2, 0.25) is 0 Å². The Hall–Kier alpha value is -1.98. The number of hydrogen-bond donors (Lipinski definition) is 0. The summed E-state index contributed by atoms with van der Waals surface area (Å²) in [5.74, 6) is 0. The number of benzene rings is 3. The minimum Gasteiger partial charge on any atom is -0.259 e. The van der Waals surface area contributed by atoms with Gasteiger partial charge in [0.05, 0.1) is 0 Å². The van der Waals surface area contributed by atoms with Crippen molar-refractivity contribution in [1.82, 2.24) is 0 Å². The van der Waals surface area contributed by atoms with Crippen molar-refractivity contribution < 1.29 is 26.2 Å². The van der Waals surface area contributed by atoms with Gasteiger partial charge < -0.3 is 0 Å². The molecule has 0 aromatic heterocycles. The summed E-state index contributed by atoms with van der Waals surface area (Å²) in [5, 5.41) is 0. The topological polar surface area (TPSA) is 0 Å². The van der Waals surface area contributed by atoms with E-state index in [2.05, 4.69) is 18.2 Å². The van der Waals surface area contributed by atoms with E-state index < -0.39 is 0 Å². The molecule has 0 atom stereocenters. The third-order valence-corrected chi connectivity index (χ3v) is 5.96. The number of rotatable bonds is 4. The molecule has 166 valence electrons. The predicted octanol–water partition coefficient (Wildman–Crippen LogP) is 9.34. The summed E-state index contributed by atoms with van der Waals surface area (Å²) in [6.07, 6.45) is 18.4. The molecule has 0 unspecified atom stereocenters. The van der Waals surface area contributed by atoms with Crippen molar-refractivity contribution in [3.63, 3.8) is 0 Å². The first kappa shape index (κ1) is 27.3. The molecule has 5 rings (SSSR count). The summed E-state index contributed by atoms with van der Waals surface area (Å²) >= 11 is 0. The van der Waals surface area contributed by atoms with Gasteiger partial charge in [-0.2, -0.15) is 11.6 Å². The molecule has 0 bridgehead atoms. The minimum atomic E-state index is 0. The molecule has 0 N–H and O–H groups in total. The van der Waals surface area contributed by atoms with E-state index in [0.29, 0.717) is 0 Å². The Bertz CT molecular complexity index is 893. The Morgan fingerprint density at radius 3 is 1.21 bits per heavy atom. The molecule has 3 aromatic carbocycles. The van der Waals surface area contributed by atoms with Gasteiger partial charge in [-0.1, -0.05) is 119 Å². The van der Waals surface area contributed by atoms with Crippen molar-refractivity contribution in [2.75, 3.05) is 0 Å². The van der Waals surface area contributed by atoms with Crippen molar-refractivity contribution in [3.05, 3.63) is 120 Å². The van der Waals surface area contributed by atoms with Crippen LogP contribution in [0.25, 0.3) is 11.1 Å². The van der Waals surface area contributed by atoms with Gasteiger partial charge in [-0.3, -0.25) is 12.2 Å². The molecule has 0 saturated heterocycles. The zero-order valence-corrected chi connectivity index (χ0v) is 22.3. The molecule has 0 nitrogen and oxygen atoms in total. The van der Waals surface area contributed by atoms with Crippen LogP contribution in [-0.2, 0) is 26.2 Å². The van der Waals surface area contributed by atoms with Crippen molar-refractivity contribution in [1.29, 1.82) is 0 Å². The molecular formula is C32H36Zr+2. The zero-order chi connectivity index (χ0) is 22.3. The van der Waals surface area contributed by atoms with Crippen LogP contribution in [0.15, 0.2) is 91.0 Å². The van der Waals surface area contributed by atoms with E-state index in [9.17, 15) is 0 Å². The summed E-state index contributed by atoms with van der Waals surface area (Å²) in [6, 6.07) is 30.2. The molecule has 1 heteroatoms. The van der Waals surface area contributed by atoms with Crippen molar-refractivity contribution in [3.8, 4) is 0 Å². The fraction of sp³-hybridized carbons (Fsp3) is 0.312. The second-order valence-corrected chi connectivity index (χ2v) is 8.55. The van der Waals surface area contributed by atoms with Crippen LogP contribution in [0.5, 0.6) is 0 Å². The van der Waals surface area contributed by atoms with Gasteiger partial charge in [-0.05, 0) is 0 Å². The molecule has 2 aliphatic rings. The standard InChI is InChI=1S/C22H16.2C5H10.Zr/c1-18(20-13-7-3-8-14-20)22(21-15-9-4-10-16-21)17-19-11-5-2-6-12-19;2*1-2-4-5-3-1;/h1-16H;2*1-5H2;/q-2;;;+4. The fourth-order valence-electron chi connectivity index (χ4n) is 4.10. The Labute approximate surface area is 221 Å². The largest absolute Gasteiger partial charge is 4.00 e. The average molecular weight is 512 g/mol. The van der Waals surface area contributed by atoms with E-state index in [4.69, 9.17) is 6.58 Å². The van der Waals surface area contributed by atoms with Crippen LogP contribution in [0.2, 0.25) is 0 Å². The van der Waals surface area contributed by atoms with Gasteiger partial charge >= 0.3 is 26.2 Å². The Morgan fingerprint density at radius 1 is 0.485 bits per heavy atom. The van der Waals surface area contributed by atoms with Crippen LogP contribution in [0.1, 0.15) is 80.9 Å². The summed E-state index contributed by atoms with van der Waals surface area (Å²) in [6.45, 7) is 6.44. The third-order valence-electron chi connectivity index (χ3n) is 5.96. The number of allylic oxidation sites excluding steroid dienone is 2. The molecule has 3 aromatic rings. The van der Waals surface area contributed by atoms with E-state index in [1.807, 2.05) is 78.9 Å². The van der Waals surface area contributed by atoms with Crippen LogP contribution in [0.4, 0.5) is 0 Å². The third kappa shape index (κ3) is 10.2. The molecule has 33 heavy (non-hydrogen) atoms. The Balaban J connectivity index is 0.000000288. The smallest absolute Gasteiger partial charge is 0.259 e. The first-order valence-electron chi connectivity index (χ1n) is 12.3. The maximum Gasteiger partial charge on any atom is 4.00 e. The molecule has 2 saturated carbocycles. The van der Waals surface area contributed by atoms with Crippen molar-refractivity contribution in [2.24, 2.45) is 0 Å². The van der Waals surface area contributed by atoms with Gasteiger partial charge in [0.1, 0.15) is 0 Å². The van der Waals surface area contributed by atoms with Crippen LogP contribution in [-0.4, -0.2) is 0 Å². The van der Waals surface area contributed by atoms with Crippen LogP contribution in [0.3, 0.4) is 0 Å². The average Bonchev–Trinajstić information content (AvgIpc) is 3.64. The summed E-state index contributed by atoms with van der Waals surface area (Å²) in [4.78, 5) is 0. The van der Waals surface area contributed by atoms with Crippen LogP contribution in [0, 0.1) is 12.7 Å². The van der Waals surface area contributed by atoms with Gasteiger partial charge in [0, 0.05) is 0 Å². The van der Waals surface area contributed by atoms with Gasteiger partial charge in [0.25, 0.3) is 0 Å². The summed E-state index contributed by atoms with van der Waals surface area (Å²) in [5.41, 5.74) is 4.73. The van der Waals surface area contributed by atoms with E-state index in [0.717, 1.165) is 27.8 Å². The molecule has 0 spiro atoms. The fourth-order valence-corrected chi connectivity index (χ4v) is 4.10. The Morgan fingerprint density at radius 2 is 0.818 bits per heavy atom. The SMILES string of the molecule is C1CCCC1.C1CCCC1.[CH-]=C(C(=[C-]c1ccccc1)c1ccccc1)c1ccccc1.[Zr+4]. The maximum absolute atomic E-state index is 6.44. The summed E-state index contributed by atoms with van der Waals surface area (Å²) in [7, 11) is 0. The van der Waals surface area contributed by atoms with E-state index in [-0.39, 0.29) is 26.2 Å². The minimum absolute atomic E-state index is 0. The quantitative estimate of drug-likeness (QED) is 0.186. The van der Waals surface area contributed by atoms with Crippen molar-refractivity contribution >= 4 is 11.1 Å². The second kappa shape index (κ2) is 16.6. The summed E-state index contributed by atoms with van der Waals surface area (Å²) < 4.78 is 0. The normalized spacial score (nSPS) is 14.7. The monoisotopic (exact) mass is 510 g/mol. The zero-order valence-electron chi connectivity index (χ0n) is 19.8. The van der Waals surface area contributed by atoms with Gasteiger partial charge in [-0.15, -0.1) is 47.5 Å². The van der Waals surface area contributed by atoms with Crippen LogP contribution < -0.4 is 0 Å². The molecular weight excluding hydrogens is 476 g/mol. The molecule has 0 amide bonds.